The number of aryl methyl sites for hydroxylation is 1. The fourth-order valence-corrected chi connectivity index (χ4v) is 1.99. The minimum atomic E-state index is -0.0897. The number of aromatic nitrogens is 1. The molecule has 0 unspecified atom stereocenters. The van der Waals surface area contributed by atoms with E-state index in [2.05, 4.69) is 41.5 Å². The Morgan fingerprint density at radius 3 is 2.55 bits per heavy atom. The molecule has 0 spiro atoms. The maximum Gasteiger partial charge on any atom is 0.253 e. The first-order valence-corrected chi connectivity index (χ1v) is 7.05. The van der Waals surface area contributed by atoms with Crippen LogP contribution in [-0.4, -0.2) is 10.9 Å². The number of nitrogens with zero attached hydrogens (tertiary/aromatic N) is 1. The van der Waals surface area contributed by atoms with Crippen molar-refractivity contribution < 1.29 is 4.79 Å². The van der Waals surface area contributed by atoms with Crippen molar-refractivity contribution in [3.8, 4) is 0 Å². The molecular formula is C17H20N2O. The molecule has 0 aliphatic heterocycles. The summed E-state index contributed by atoms with van der Waals surface area (Å²) < 4.78 is 0. The van der Waals surface area contributed by atoms with Crippen LogP contribution in [0.5, 0.6) is 0 Å². The highest BCUT2D eigenvalue weighted by molar-refractivity contribution is 5.93. The van der Waals surface area contributed by atoms with E-state index in [4.69, 9.17) is 0 Å². The molecule has 3 heteroatoms. The van der Waals surface area contributed by atoms with Crippen molar-refractivity contribution in [1.82, 2.24) is 10.3 Å². The van der Waals surface area contributed by atoms with Crippen LogP contribution in [0.25, 0.3) is 0 Å². The van der Waals surface area contributed by atoms with Crippen LogP contribution >= 0.6 is 0 Å². The fraction of sp³-hybridized carbons (Fsp3) is 0.294. The van der Waals surface area contributed by atoms with Gasteiger partial charge in [-0.15, -0.1) is 0 Å². The number of hydrogen-bond donors (Lipinski definition) is 1. The zero-order chi connectivity index (χ0) is 14.2. The fourth-order valence-electron chi connectivity index (χ4n) is 1.99. The van der Waals surface area contributed by atoms with Crippen LogP contribution in [-0.2, 0) is 13.0 Å². The third-order valence-corrected chi connectivity index (χ3v) is 3.22. The van der Waals surface area contributed by atoms with Crippen molar-refractivity contribution in [2.75, 3.05) is 0 Å². The highest BCUT2D eigenvalue weighted by Crippen LogP contribution is 2.08. The summed E-state index contributed by atoms with van der Waals surface area (Å²) in [6.07, 6.45) is 6.79. The average Bonchev–Trinajstić information content (AvgIpc) is 2.52. The molecule has 1 aromatic carbocycles. The minimum absolute atomic E-state index is 0.0897. The molecule has 0 saturated carbocycles. The van der Waals surface area contributed by atoms with Crippen molar-refractivity contribution in [2.45, 2.75) is 32.7 Å². The zero-order valence-corrected chi connectivity index (χ0v) is 11.8. The number of hydrogen-bond acceptors (Lipinski definition) is 2. The number of carbonyl (C=O) groups excluding carboxylic acids is 1. The second kappa shape index (κ2) is 7.43. The number of pyridine rings is 1. The molecule has 0 atom stereocenters. The van der Waals surface area contributed by atoms with Crippen molar-refractivity contribution in [1.29, 1.82) is 0 Å². The molecule has 0 fully saturated rings. The van der Waals surface area contributed by atoms with E-state index in [1.807, 2.05) is 0 Å². The van der Waals surface area contributed by atoms with Crippen LogP contribution in [0.1, 0.15) is 41.3 Å². The summed E-state index contributed by atoms with van der Waals surface area (Å²) in [6, 6.07) is 12.0. The first-order chi connectivity index (χ1) is 9.79. The molecule has 1 aromatic heterocycles. The first-order valence-electron chi connectivity index (χ1n) is 7.05. The molecule has 20 heavy (non-hydrogen) atoms. The number of amides is 1. The van der Waals surface area contributed by atoms with Crippen molar-refractivity contribution in [3.05, 3.63) is 65.5 Å². The summed E-state index contributed by atoms with van der Waals surface area (Å²) in [5.74, 6) is -0.0897. The lowest BCUT2D eigenvalue weighted by atomic mass is 10.1. The summed E-state index contributed by atoms with van der Waals surface area (Å²) in [5, 5.41) is 2.90. The minimum Gasteiger partial charge on any atom is -0.348 e. The quantitative estimate of drug-likeness (QED) is 0.873. The van der Waals surface area contributed by atoms with Gasteiger partial charge in [-0.3, -0.25) is 9.78 Å². The van der Waals surface area contributed by atoms with Gasteiger partial charge < -0.3 is 5.32 Å². The van der Waals surface area contributed by atoms with Crippen LogP contribution in [0.4, 0.5) is 0 Å². The van der Waals surface area contributed by atoms with Gasteiger partial charge in [0, 0.05) is 18.9 Å². The highest BCUT2D eigenvalue weighted by Gasteiger charge is 2.04. The maximum absolute atomic E-state index is 11.9. The van der Waals surface area contributed by atoms with Crippen molar-refractivity contribution in [2.24, 2.45) is 0 Å². The van der Waals surface area contributed by atoms with Crippen LogP contribution in [0.3, 0.4) is 0 Å². The van der Waals surface area contributed by atoms with Crippen LogP contribution < -0.4 is 5.32 Å². The van der Waals surface area contributed by atoms with E-state index >= 15 is 0 Å². The Morgan fingerprint density at radius 1 is 1.15 bits per heavy atom. The normalized spacial score (nSPS) is 10.2. The third kappa shape index (κ3) is 4.19. The van der Waals surface area contributed by atoms with Gasteiger partial charge in [-0.25, -0.2) is 0 Å². The lowest BCUT2D eigenvalue weighted by Crippen LogP contribution is -2.22. The molecule has 2 rings (SSSR count). The van der Waals surface area contributed by atoms with Crippen LogP contribution in [0, 0.1) is 0 Å². The molecule has 0 saturated heterocycles. The Morgan fingerprint density at radius 2 is 1.90 bits per heavy atom. The number of unbranched alkanes of at least 4 members (excludes halogenated alkanes) is 1. The molecule has 1 heterocycles. The van der Waals surface area contributed by atoms with E-state index in [0.717, 1.165) is 12.0 Å². The Kier molecular flexibility index (Phi) is 5.30. The van der Waals surface area contributed by atoms with E-state index in [1.165, 1.54) is 18.4 Å². The number of nitrogens with one attached hydrogen (secondary N) is 1. The van der Waals surface area contributed by atoms with Gasteiger partial charge in [0.1, 0.15) is 0 Å². The number of rotatable bonds is 6. The molecule has 0 radical (unpaired) electrons. The molecule has 2 aromatic rings. The standard InChI is InChI=1S/C17H20N2O/c1-2-3-5-14-7-9-15(10-8-14)12-19-17(20)16-6-4-11-18-13-16/h4,6-11,13H,2-3,5,12H2,1H3,(H,19,20). The molecule has 0 aliphatic carbocycles. The summed E-state index contributed by atoms with van der Waals surface area (Å²) in [6.45, 7) is 2.74. The molecule has 104 valence electrons. The zero-order valence-electron chi connectivity index (χ0n) is 11.8. The van der Waals surface area contributed by atoms with E-state index < -0.39 is 0 Å². The van der Waals surface area contributed by atoms with Gasteiger partial charge in [0.05, 0.1) is 5.56 Å². The number of carbonyl (C=O) groups is 1. The largest absolute Gasteiger partial charge is 0.348 e. The molecular weight excluding hydrogens is 248 g/mol. The Labute approximate surface area is 120 Å². The van der Waals surface area contributed by atoms with Gasteiger partial charge in [-0.2, -0.15) is 0 Å². The first kappa shape index (κ1) is 14.3. The Balaban J connectivity index is 1.86. The van der Waals surface area contributed by atoms with Gasteiger partial charge >= 0.3 is 0 Å². The van der Waals surface area contributed by atoms with Gasteiger partial charge in [0.15, 0.2) is 0 Å². The third-order valence-electron chi connectivity index (χ3n) is 3.22. The Hall–Kier alpha value is -2.16. The van der Waals surface area contributed by atoms with E-state index in [-0.39, 0.29) is 5.91 Å². The van der Waals surface area contributed by atoms with Gasteiger partial charge in [0.2, 0.25) is 0 Å². The lowest BCUT2D eigenvalue weighted by Gasteiger charge is -2.06. The summed E-state index contributed by atoms with van der Waals surface area (Å²) >= 11 is 0. The highest BCUT2D eigenvalue weighted by atomic mass is 16.1. The molecule has 0 bridgehead atoms. The van der Waals surface area contributed by atoms with E-state index in [9.17, 15) is 4.79 Å². The number of benzene rings is 1. The van der Waals surface area contributed by atoms with E-state index in [1.54, 1.807) is 24.5 Å². The van der Waals surface area contributed by atoms with Crippen LogP contribution in [0.15, 0.2) is 48.8 Å². The molecule has 1 N–H and O–H groups in total. The maximum atomic E-state index is 11.9. The smallest absolute Gasteiger partial charge is 0.253 e. The predicted octanol–water partition coefficient (Wildman–Crippen LogP) is 3.35. The topological polar surface area (TPSA) is 42.0 Å². The summed E-state index contributed by atoms with van der Waals surface area (Å²) in [7, 11) is 0. The SMILES string of the molecule is CCCCc1ccc(CNC(=O)c2cccnc2)cc1. The Bertz CT molecular complexity index is 535. The lowest BCUT2D eigenvalue weighted by molar-refractivity contribution is 0.0950. The second-order valence-corrected chi connectivity index (χ2v) is 4.84. The predicted molar refractivity (Wildman–Crippen MR) is 80.5 cm³/mol. The average molecular weight is 268 g/mol. The summed E-state index contributed by atoms with van der Waals surface area (Å²) in [4.78, 5) is 15.8. The van der Waals surface area contributed by atoms with Gasteiger partial charge in [0.25, 0.3) is 5.91 Å². The summed E-state index contributed by atoms with van der Waals surface area (Å²) in [5.41, 5.74) is 3.06. The van der Waals surface area contributed by atoms with Gasteiger partial charge in [-0.1, -0.05) is 37.6 Å². The monoisotopic (exact) mass is 268 g/mol. The van der Waals surface area contributed by atoms with E-state index in [0.29, 0.717) is 12.1 Å². The molecule has 1 amide bonds. The van der Waals surface area contributed by atoms with Crippen molar-refractivity contribution in [3.63, 3.8) is 0 Å². The van der Waals surface area contributed by atoms with Crippen molar-refractivity contribution >= 4 is 5.91 Å². The van der Waals surface area contributed by atoms with Crippen LogP contribution in [0.2, 0.25) is 0 Å². The second-order valence-electron chi connectivity index (χ2n) is 4.84. The van der Waals surface area contributed by atoms with Gasteiger partial charge in [-0.05, 0) is 36.1 Å². The molecule has 0 aliphatic rings. The molecule has 3 nitrogen and oxygen atoms in total.